The van der Waals surface area contributed by atoms with E-state index in [1.807, 2.05) is 6.07 Å². The molecule has 2 unspecified atom stereocenters. The van der Waals surface area contributed by atoms with E-state index in [4.69, 9.17) is 9.47 Å². The lowest BCUT2D eigenvalue weighted by Crippen LogP contribution is -2.30. The second-order valence-corrected chi connectivity index (χ2v) is 5.69. The van der Waals surface area contributed by atoms with Crippen molar-refractivity contribution in [1.29, 1.82) is 0 Å². The molecular formula is C17H28N2O2. The van der Waals surface area contributed by atoms with Gasteiger partial charge in [0.1, 0.15) is 5.75 Å². The Kier molecular flexibility index (Phi) is 5.88. The normalized spacial score (nSPS) is 19.5. The van der Waals surface area contributed by atoms with Gasteiger partial charge in [-0.2, -0.15) is 0 Å². The van der Waals surface area contributed by atoms with Crippen LogP contribution in [0.5, 0.6) is 5.75 Å². The monoisotopic (exact) mass is 292 g/mol. The van der Waals surface area contributed by atoms with Crippen molar-refractivity contribution in [2.45, 2.75) is 38.8 Å². The highest BCUT2D eigenvalue weighted by atomic mass is 16.5. The van der Waals surface area contributed by atoms with E-state index in [2.05, 4.69) is 43.2 Å². The first-order valence-electron chi connectivity index (χ1n) is 7.90. The lowest BCUT2D eigenvalue weighted by Gasteiger charge is -2.28. The molecular weight excluding hydrogens is 264 g/mol. The van der Waals surface area contributed by atoms with E-state index in [-0.39, 0.29) is 6.04 Å². The van der Waals surface area contributed by atoms with Crippen molar-refractivity contribution in [2.24, 2.45) is 0 Å². The van der Waals surface area contributed by atoms with Crippen LogP contribution in [0.15, 0.2) is 18.2 Å². The van der Waals surface area contributed by atoms with Gasteiger partial charge in [-0.25, -0.2) is 0 Å². The van der Waals surface area contributed by atoms with E-state index in [1.54, 1.807) is 7.11 Å². The van der Waals surface area contributed by atoms with Gasteiger partial charge in [-0.1, -0.05) is 13.0 Å². The van der Waals surface area contributed by atoms with Gasteiger partial charge in [0.25, 0.3) is 0 Å². The molecule has 0 radical (unpaired) electrons. The molecule has 0 aliphatic carbocycles. The molecule has 21 heavy (non-hydrogen) atoms. The Morgan fingerprint density at radius 2 is 2.29 bits per heavy atom. The number of hydrogen-bond donors (Lipinski definition) is 1. The van der Waals surface area contributed by atoms with Crippen LogP contribution in [0.2, 0.25) is 0 Å². The predicted molar refractivity (Wildman–Crippen MR) is 87.3 cm³/mol. The average molecular weight is 292 g/mol. The molecule has 2 rings (SSSR count). The van der Waals surface area contributed by atoms with Crippen molar-refractivity contribution in [2.75, 3.05) is 38.8 Å². The summed E-state index contributed by atoms with van der Waals surface area (Å²) >= 11 is 0. The fraction of sp³-hybridized carbons (Fsp3) is 0.647. The van der Waals surface area contributed by atoms with Crippen LogP contribution in [0.4, 0.5) is 5.69 Å². The molecule has 118 valence electrons. The van der Waals surface area contributed by atoms with E-state index in [9.17, 15) is 0 Å². The van der Waals surface area contributed by atoms with Crippen LogP contribution < -0.4 is 15.0 Å². The topological polar surface area (TPSA) is 33.7 Å². The number of hydrogen-bond acceptors (Lipinski definition) is 4. The van der Waals surface area contributed by atoms with Crippen LogP contribution in [0.3, 0.4) is 0 Å². The summed E-state index contributed by atoms with van der Waals surface area (Å²) in [5.74, 6) is 0.945. The van der Waals surface area contributed by atoms with E-state index in [1.165, 1.54) is 17.7 Å². The molecule has 1 saturated heterocycles. The van der Waals surface area contributed by atoms with Gasteiger partial charge in [-0.15, -0.1) is 0 Å². The first-order chi connectivity index (χ1) is 10.2. The lowest BCUT2D eigenvalue weighted by atomic mass is 10.0. The fourth-order valence-corrected chi connectivity index (χ4v) is 3.08. The number of benzene rings is 1. The number of methoxy groups -OCH3 is 1. The van der Waals surface area contributed by atoms with Crippen LogP contribution in [-0.2, 0) is 4.74 Å². The molecule has 4 nitrogen and oxygen atoms in total. The number of likely N-dealkylation sites (N-methyl/N-ethyl adjacent to an activating group) is 1. The molecule has 1 aromatic rings. The zero-order valence-corrected chi connectivity index (χ0v) is 13.7. The fourth-order valence-electron chi connectivity index (χ4n) is 3.08. The third kappa shape index (κ3) is 3.89. The lowest BCUT2D eigenvalue weighted by molar-refractivity contribution is 0.116. The van der Waals surface area contributed by atoms with Gasteiger partial charge >= 0.3 is 0 Å². The Morgan fingerprint density at radius 1 is 1.48 bits per heavy atom. The molecule has 0 amide bonds. The first-order valence-corrected chi connectivity index (χ1v) is 7.90. The summed E-state index contributed by atoms with van der Waals surface area (Å²) in [7, 11) is 3.87. The highest BCUT2D eigenvalue weighted by Gasteiger charge is 2.22. The largest absolute Gasteiger partial charge is 0.496 e. The molecule has 1 aliphatic heterocycles. The van der Waals surface area contributed by atoms with E-state index in [0.717, 1.165) is 31.9 Å². The number of anilines is 1. The molecule has 1 aliphatic rings. The Hall–Kier alpha value is -1.26. The maximum atomic E-state index is 5.76. The zero-order valence-electron chi connectivity index (χ0n) is 13.7. The van der Waals surface area contributed by atoms with Gasteiger partial charge in [0.05, 0.1) is 13.2 Å². The van der Waals surface area contributed by atoms with Gasteiger partial charge in [0.2, 0.25) is 0 Å². The summed E-state index contributed by atoms with van der Waals surface area (Å²) in [5, 5.41) is 3.49. The Balaban J connectivity index is 2.23. The summed E-state index contributed by atoms with van der Waals surface area (Å²) in [6.45, 7) is 7.08. The van der Waals surface area contributed by atoms with Crippen molar-refractivity contribution in [3.05, 3.63) is 23.8 Å². The SMILES string of the molecule is CCNC(C)c1c(OC)cccc1N(C)CC1CCCO1. The number of nitrogens with one attached hydrogen (secondary N) is 1. The molecule has 0 aromatic heterocycles. The molecule has 1 aromatic carbocycles. The summed E-state index contributed by atoms with van der Waals surface area (Å²) in [6, 6.07) is 6.52. The van der Waals surface area contributed by atoms with Crippen LogP contribution in [0, 0.1) is 0 Å². The average Bonchev–Trinajstić information content (AvgIpc) is 2.99. The molecule has 1 N–H and O–H groups in total. The number of nitrogens with zero attached hydrogens (tertiary/aromatic N) is 1. The second kappa shape index (κ2) is 7.66. The second-order valence-electron chi connectivity index (χ2n) is 5.69. The first kappa shape index (κ1) is 16.1. The van der Waals surface area contributed by atoms with Crippen LogP contribution in [0.25, 0.3) is 0 Å². The Labute approximate surface area is 128 Å². The van der Waals surface area contributed by atoms with Crippen LogP contribution >= 0.6 is 0 Å². The van der Waals surface area contributed by atoms with E-state index < -0.39 is 0 Å². The number of rotatable bonds is 7. The molecule has 0 spiro atoms. The summed E-state index contributed by atoms with van der Waals surface area (Å²) in [6.07, 6.45) is 2.69. The van der Waals surface area contributed by atoms with Crippen molar-refractivity contribution < 1.29 is 9.47 Å². The molecule has 0 bridgehead atoms. The van der Waals surface area contributed by atoms with Crippen molar-refractivity contribution >= 4 is 5.69 Å². The minimum atomic E-state index is 0.257. The van der Waals surface area contributed by atoms with E-state index >= 15 is 0 Å². The maximum Gasteiger partial charge on any atom is 0.125 e. The van der Waals surface area contributed by atoms with Gasteiger partial charge in [-0.05, 0) is 38.4 Å². The molecule has 4 heteroatoms. The van der Waals surface area contributed by atoms with Crippen LogP contribution in [0.1, 0.15) is 38.3 Å². The smallest absolute Gasteiger partial charge is 0.125 e. The van der Waals surface area contributed by atoms with Gasteiger partial charge in [0, 0.05) is 37.5 Å². The number of ether oxygens (including phenoxy) is 2. The quantitative estimate of drug-likeness (QED) is 0.837. The zero-order chi connectivity index (χ0) is 15.2. The van der Waals surface area contributed by atoms with Crippen molar-refractivity contribution in [3.8, 4) is 5.75 Å². The van der Waals surface area contributed by atoms with E-state index in [0.29, 0.717) is 6.10 Å². The highest BCUT2D eigenvalue weighted by Crippen LogP contribution is 2.34. The third-order valence-corrected chi connectivity index (χ3v) is 4.12. The van der Waals surface area contributed by atoms with Crippen molar-refractivity contribution in [1.82, 2.24) is 5.32 Å². The predicted octanol–water partition coefficient (Wildman–Crippen LogP) is 2.98. The maximum absolute atomic E-state index is 5.76. The standard InChI is InChI=1S/C17H28N2O2/c1-5-18-13(2)17-15(9-6-10-16(17)20-4)19(3)12-14-8-7-11-21-14/h6,9-10,13-14,18H,5,7-8,11-12H2,1-4H3. The molecule has 1 fully saturated rings. The Bertz CT molecular complexity index is 444. The Morgan fingerprint density at radius 3 is 2.90 bits per heavy atom. The van der Waals surface area contributed by atoms with Crippen molar-refractivity contribution in [3.63, 3.8) is 0 Å². The summed E-state index contributed by atoms with van der Waals surface area (Å²) in [5.41, 5.74) is 2.45. The minimum Gasteiger partial charge on any atom is -0.496 e. The summed E-state index contributed by atoms with van der Waals surface area (Å²) < 4.78 is 11.3. The summed E-state index contributed by atoms with van der Waals surface area (Å²) in [4.78, 5) is 2.29. The molecule has 1 heterocycles. The molecule has 0 saturated carbocycles. The minimum absolute atomic E-state index is 0.257. The van der Waals surface area contributed by atoms with Crippen LogP contribution in [-0.4, -0.2) is 40.0 Å². The third-order valence-electron chi connectivity index (χ3n) is 4.12. The van der Waals surface area contributed by atoms with Gasteiger partial charge < -0.3 is 19.7 Å². The highest BCUT2D eigenvalue weighted by molar-refractivity contribution is 5.60. The van der Waals surface area contributed by atoms with Gasteiger partial charge in [0.15, 0.2) is 0 Å². The molecule has 2 atom stereocenters. The van der Waals surface area contributed by atoms with Gasteiger partial charge in [-0.3, -0.25) is 0 Å².